The van der Waals surface area contributed by atoms with Crippen molar-refractivity contribution in [2.24, 2.45) is 0 Å². The number of benzene rings is 1. The number of nitro groups is 1. The Labute approximate surface area is 133 Å². The summed E-state index contributed by atoms with van der Waals surface area (Å²) in [5.74, 6) is -0.337. The van der Waals surface area contributed by atoms with Gasteiger partial charge in [0, 0.05) is 11.4 Å². The molecule has 2 aromatic rings. The Morgan fingerprint density at radius 3 is 2.50 bits per heavy atom. The molecule has 0 atom stereocenters. The lowest BCUT2D eigenvalue weighted by molar-refractivity contribution is -0.384. The third kappa shape index (κ3) is 3.15. The summed E-state index contributed by atoms with van der Waals surface area (Å²) in [6.45, 7) is 3.65. The summed E-state index contributed by atoms with van der Waals surface area (Å²) in [7, 11) is 0. The summed E-state index contributed by atoms with van der Waals surface area (Å²) in [5, 5.41) is 15.4. The molecule has 0 saturated heterocycles. The molecule has 0 bridgehead atoms. The van der Waals surface area contributed by atoms with Gasteiger partial charge in [-0.15, -0.1) is 11.3 Å². The zero-order chi connectivity index (χ0) is 14.9. The lowest BCUT2D eigenvalue weighted by atomic mass is 10.1. The molecule has 0 spiro atoms. The molecule has 1 aromatic carbocycles. The summed E-state index contributed by atoms with van der Waals surface area (Å²) < 4.78 is 0.988. The Morgan fingerprint density at radius 2 is 1.95 bits per heavy atom. The van der Waals surface area contributed by atoms with Gasteiger partial charge in [0.15, 0.2) is 0 Å². The van der Waals surface area contributed by atoms with E-state index >= 15 is 0 Å². The highest BCUT2D eigenvalue weighted by Crippen LogP contribution is 2.28. The second-order valence-electron chi connectivity index (χ2n) is 4.30. The van der Waals surface area contributed by atoms with E-state index in [0.29, 0.717) is 5.56 Å². The molecule has 0 aliphatic heterocycles. The summed E-state index contributed by atoms with van der Waals surface area (Å²) in [6.07, 6.45) is 0. The molecule has 104 valence electrons. The zero-order valence-electron chi connectivity index (χ0n) is 10.8. The van der Waals surface area contributed by atoms with Gasteiger partial charge < -0.3 is 5.32 Å². The van der Waals surface area contributed by atoms with E-state index in [9.17, 15) is 14.9 Å². The summed E-state index contributed by atoms with van der Waals surface area (Å²) in [5.41, 5.74) is 2.35. The molecule has 1 N–H and O–H groups in total. The van der Waals surface area contributed by atoms with E-state index in [1.807, 2.05) is 6.92 Å². The van der Waals surface area contributed by atoms with Crippen LogP contribution in [0.25, 0.3) is 0 Å². The SMILES string of the molecule is Cc1cc(NC(=O)c2csc(I)c2)c([N+](=O)[O-])cc1C. The number of nitrogens with one attached hydrogen (secondary N) is 1. The number of aryl methyl sites for hydroxylation is 2. The van der Waals surface area contributed by atoms with Crippen LogP contribution >= 0.6 is 33.9 Å². The van der Waals surface area contributed by atoms with Crippen LogP contribution in [-0.4, -0.2) is 10.8 Å². The highest BCUT2D eigenvalue weighted by atomic mass is 127. The van der Waals surface area contributed by atoms with Gasteiger partial charge in [-0.1, -0.05) is 0 Å². The van der Waals surface area contributed by atoms with Gasteiger partial charge in [0.05, 0.1) is 13.4 Å². The Morgan fingerprint density at radius 1 is 1.30 bits per heavy atom. The largest absolute Gasteiger partial charge is 0.316 e. The molecule has 0 aliphatic rings. The van der Waals surface area contributed by atoms with Crippen LogP contribution in [0.2, 0.25) is 0 Å². The van der Waals surface area contributed by atoms with Crippen LogP contribution in [0.4, 0.5) is 11.4 Å². The van der Waals surface area contributed by atoms with E-state index in [-0.39, 0.29) is 17.3 Å². The van der Waals surface area contributed by atoms with Crippen molar-refractivity contribution in [3.05, 3.63) is 53.3 Å². The van der Waals surface area contributed by atoms with Crippen molar-refractivity contribution in [3.63, 3.8) is 0 Å². The molecule has 0 aliphatic carbocycles. The van der Waals surface area contributed by atoms with Crippen molar-refractivity contribution >= 4 is 51.2 Å². The lowest BCUT2D eigenvalue weighted by Crippen LogP contribution is -2.12. The van der Waals surface area contributed by atoms with Crippen LogP contribution in [-0.2, 0) is 0 Å². The third-order valence-electron chi connectivity index (χ3n) is 2.89. The van der Waals surface area contributed by atoms with Crippen molar-refractivity contribution in [1.82, 2.24) is 0 Å². The second kappa shape index (κ2) is 5.88. The van der Waals surface area contributed by atoms with E-state index in [1.54, 1.807) is 24.4 Å². The number of halogens is 1. The minimum absolute atomic E-state index is 0.0913. The maximum absolute atomic E-state index is 12.1. The quantitative estimate of drug-likeness (QED) is 0.477. The van der Waals surface area contributed by atoms with E-state index in [4.69, 9.17) is 0 Å². The predicted molar refractivity (Wildman–Crippen MR) is 87.6 cm³/mol. The van der Waals surface area contributed by atoms with Crippen LogP contribution in [0, 0.1) is 26.8 Å². The van der Waals surface area contributed by atoms with Crippen LogP contribution in [0.3, 0.4) is 0 Å². The average Bonchev–Trinajstić information content (AvgIpc) is 2.80. The van der Waals surface area contributed by atoms with Gasteiger partial charge in [-0.05, 0) is 59.7 Å². The number of nitrogens with zero attached hydrogens (tertiary/aromatic N) is 1. The minimum Gasteiger partial charge on any atom is -0.316 e. The van der Waals surface area contributed by atoms with Gasteiger partial charge in [-0.3, -0.25) is 14.9 Å². The molecular formula is C13H11IN2O3S. The first kappa shape index (κ1) is 14.9. The molecule has 5 nitrogen and oxygen atoms in total. The average molecular weight is 402 g/mol. The Bertz CT molecular complexity index is 697. The standard InChI is InChI=1S/C13H11IN2O3S/c1-7-3-10(11(16(18)19)4-8(7)2)15-13(17)9-5-12(14)20-6-9/h3-6H,1-2H3,(H,15,17). The topological polar surface area (TPSA) is 72.2 Å². The number of amides is 1. The van der Waals surface area contributed by atoms with E-state index in [2.05, 4.69) is 27.9 Å². The second-order valence-corrected chi connectivity index (χ2v) is 7.11. The molecule has 0 fully saturated rings. The first-order valence-corrected chi connectivity index (χ1v) is 7.65. The maximum atomic E-state index is 12.1. The van der Waals surface area contributed by atoms with Crippen LogP contribution < -0.4 is 5.32 Å². The smallest absolute Gasteiger partial charge is 0.293 e. The van der Waals surface area contributed by atoms with Gasteiger partial charge >= 0.3 is 0 Å². The van der Waals surface area contributed by atoms with Gasteiger partial charge in [-0.25, -0.2) is 0 Å². The number of carbonyl (C=O) groups excluding carboxylic acids is 1. The first-order valence-electron chi connectivity index (χ1n) is 5.69. The van der Waals surface area contributed by atoms with E-state index in [0.717, 1.165) is 14.0 Å². The van der Waals surface area contributed by atoms with Gasteiger partial charge in [-0.2, -0.15) is 0 Å². The number of hydrogen-bond donors (Lipinski definition) is 1. The molecule has 0 radical (unpaired) electrons. The van der Waals surface area contributed by atoms with Crippen molar-refractivity contribution in [1.29, 1.82) is 0 Å². The Hall–Kier alpha value is -1.48. The molecular weight excluding hydrogens is 391 g/mol. The number of nitro benzene ring substituents is 1. The van der Waals surface area contributed by atoms with Crippen LogP contribution in [0.1, 0.15) is 21.5 Å². The Kier molecular flexibility index (Phi) is 4.39. The number of rotatable bonds is 3. The van der Waals surface area contributed by atoms with Gasteiger partial charge in [0.1, 0.15) is 5.69 Å². The van der Waals surface area contributed by atoms with Crippen molar-refractivity contribution in [2.75, 3.05) is 5.32 Å². The van der Waals surface area contributed by atoms with Gasteiger partial charge in [0.2, 0.25) is 0 Å². The first-order chi connectivity index (χ1) is 9.38. The van der Waals surface area contributed by atoms with Crippen molar-refractivity contribution in [2.45, 2.75) is 13.8 Å². The fourth-order valence-corrected chi connectivity index (χ4v) is 3.00. The van der Waals surface area contributed by atoms with Crippen molar-refractivity contribution < 1.29 is 9.72 Å². The number of anilines is 1. The van der Waals surface area contributed by atoms with Gasteiger partial charge in [0.25, 0.3) is 11.6 Å². The third-order valence-corrected chi connectivity index (χ3v) is 4.68. The normalized spacial score (nSPS) is 10.3. The fourth-order valence-electron chi connectivity index (χ4n) is 1.68. The molecule has 0 unspecified atom stereocenters. The molecule has 1 amide bonds. The number of carbonyl (C=O) groups is 1. The monoisotopic (exact) mass is 402 g/mol. The summed E-state index contributed by atoms with van der Waals surface area (Å²) in [4.78, 5) is 22.6. The molecule has 1 heterocycles. The molecule has 20 heavy (non-hydrogen) atoms. The fraction of sp³-hybridized carbons (Fsp3) is 0.154. The molecule has 7 heteroatoms. The molecule has 2 rings (SSSR count). The summed E-state index contributed by atoms with van der Waals surface area (Å²) in [6, 6.07) is 4.85. The predicted octanol–water partition coefficient (Wildman–Crippen LogP) is 4.13. The number of thiophene rings is 1. The van der Waals surface area contributed by atoms with Crippen molar-refractivity contribution in [3.8, 4) is 0 Å². The minimum atomic E-state index is -0.487. The molecule has 1 aromatic heterocycles. The van der Waals surface area contributed by atoms with E-state index < -0.39 is 4.92 Å². The molecule has 0 saturated carbocycles. The highest BCUT2D eigenvalue weighted by Gasteiger charge is 2.18. The van der Waals surface area contributed by atoms with E-state index in [1.165, 1.54) is 17.4 Å². The zero-order valence-corrected chi connectivity index (χ0v) is 13.7. The van der Waals surface area contributed by atoms with Crippen LogP contribution in [0.5, 0.6) is 0 Å². The maximum Gasteiger partial charge on any atom is 0.293 e. The Balaban J connectivity index is 2.35. The summed E-state index contributed by atoms with van der Waals surface area (Å²) >= 11 is 3.57. The highest BCUT2D eigenvalue weighted by molar-refractivity contribution is 14.1. The van der Waals surface area contributed by atoms with Crippen LogP contribution in [0.15, 0.2) is 23.6 Å². The lowest BCUT2D eigenvalue weighted by Gasteiger charge is -2.08. The number of hydrogen-bond acceptors (Lipinski definition) is 4.